The molecule has 0 saturated carbocycles. The molecule has 4 heteroatoms. The van der Waals surface area contributed by atoms with Gasteiger partial charge in [-0.05, 0) is 19.4 Å². The Morgan fingerprint density at radius 1 is 1.56 bits per heavy atom. The van der Waals surface area contributed by atoms with Crippen molar-refractivity contribution in [3.8, 4) is 5.75 Å². The number of nitrogens with one attached hydrogen (secondary N) is 1. The van der Waals surface area contributed by atoms with Crippen molar-refractivity contribution in [1.82, 2.24) is 10.3 Å². The van der Waals surface area contributed by atoms with E-state index < -0.39 is 0 Å². The fourth-order valence-electron chi connectivity index (χ4n) is 1.49. The molecule has 0 spiro atoms. The summed E-state index contributed by atoms with van der Waals surface area (Å²) in [6.45, 7) is 4.97. The van der Waals surface area contributed by atoms with Crippen molar-refractivity contribution in [2.45, 2.75) is 32.4 Å². The van der Waals surface area contributed by atoms with Crippen molar-refractivity contribution >= 4 is 0 Å². The summed E-state index contributed by atoms with van der Waals surface area (Å²) in [6.07, 6.45) is 4.53. The lowest BCUT2D eigenvalue weighted by Crippen LogP contribution is -2.34. The molecule has 0 radical (unpaired) electrons. The van der Waals surface area contributed by atoms with E-state index in [2.05, 4.69) is 24.1 Å². The smallest absolute Gasteiger partial charge is 0.126 e. The molecule has 1 rings (SSSR count). The van der Waals surface area contributed by atoms with Gasteiger partial charge in [-0.3, -0.25) is 4.98 Å². The van der Waals surface area contributed by atoms with Crippen LogP contribution in [0.3, 0.4) is 0 Å². The molecule has 2 atom stereocenters. The highest BCUT2D eigenvalue weighted by molar-refractivity contribution is 5.32. The highest BCUT2D eigenvalue weighted by atomic mass is 16.5. The number of nitrogens with two attached hydrogens (primary N) is 1. The zero-order valence-corrected chi connectivity index (χ0v) is 10.2. The highest BCUT2D eigenvalue weighted by Crippen LogP contribution is 2.22. The quantitative estimate of drug-likeness (QED) is 0.767. The number of methoxy groups -OCH3 is 1. The predicted octanol–water partition coefficient (Wildman–Crippen LogP) is 1.48. The van der Waals surface area contributed by atoms with Gasteiger partial charge in [-0.2, -0.15) is 0 Å². The van der Waals surface area contributed by atoms with Crippen LogP contribution in [-0.4, -0.2) is 24.7 Å². The Kier molecular flexibility index (Phi) is 5.22. The Hall–Kier alpha value is -1.13. The molecule has 90 valence electrons. The lowest BCUT2D eigenvalue weighted by Gasteiger charge is -2.18. The molecule has 4 nitrogen and oxygen atoms in total. The summed E-state index contributed by atoms with van der Waals surface area (Å²) >= 11 is 0. The SMILES string of the molecule is CCC(N)CNC(C)c1cnccc1OC. The van der Waals surface area contributed by atoms with Gasteiger partial charge in [0, 0.05) is 36.6 Å². The molecule has 1 aromatic heterocycles. The largest absolute Gasteiger partial charge is 0.496 e. The third-order valence-corrected chi connectivity index (χ3v) is 2.71. The Morgan fingerprint density at radius 3 is 2.94 bits per heavy atom. The minimum atomic E-state index is 0.196. The molecule has 0 amide bonds. The third kappa shape index (κ3) is 3.47. The van der Waals surface area contributed by atoms with Crippen LogP contribution in [0.25, 0.3) is 0 Å². The van der Waals surface area contributed by atoms with Gasteiger partial charge >= 0.3 is 0 Å². The number of pyridine rings is 1. The minimum Gasteiger partial charge on any atom is -0.496 e. The zero-order valence-electron chi connectivity index (χ0n) is 10.2. The number of nitrogens with zero attached hydrogens (tertiary/aromatic N) is 1. The van der Waals surface area contributed by atoms with E-state index in [0.717, 1.165) is 24.3 Å². The highest BCUT2D eigenvalue weighted by Gasteiger charge is 2.11. The Balaban J connectivity index is 2.61. The Morgan fingerprint density at radius 2 is 2.31 bits per heavy atom. The zero-order chi connectivity index (χ0) is 12.0. The van der Waals surface area contributed by atoms with E-state index in [1.807, 2.05) is 12.3 Å². The summed E-state index contributed by atoms with van der Waals surface area (Å²) in [5.74, 6) is 0.861. The first kappa shape index (κ1) is 12.9. The van der Waals surface area contributed by atoms with E-state index in [1.165, 1.54) is 0 Å². The van der Waals surface area contributed by atoms with Crippen molar-refractivity contribution in [2.24, 2.45) is 5.73 Å². The summed E-state index contributed by atoms with van der Waals surface area (Å²) in [5.41, 5.74) is 6.92. The fraction of sp³-hybridized carbons (Fsp3) is 0.583. The lowest BCUT2D eigenvalue weighted by atomic mass is 10.1. The maximum absolute atomic E-state index is 5.86. The number of hydrogen-bond acceptors (Lipinski definition) is 4. The van der Waals surface area contributed by atoms with Gasteiger partial charge in [-0.25, -0.2) is 0 Å². The van der Waals surface area contributed by atoms with Crippen LogP contribution in [0, 0.1) is 0 Å². The molecule has 0 saturated heterocycles. The van der Waals surface area contributed by atoms with Gasteiger partial charge in [-0.15, -0.1) is 0 Å². The minimum absolute atomic E-state index is 0.196. The van der Waals surface area contributed by atoms with Crippen molar-refractivity contribution in [1.29, 1.82) is 0 Å². The van der Waals surface area contributed by atoms with Crippen LogP contribution in [0.1, 0.15) is 31.9 Å². The molecule has 0 bridgehead atoms. The molecular formula is C12H21N3O. The third-order valence-electron chi connectivity index (χ3n) is 2.71. The Labute approximate surface area is 97.2 Å². The van der Waals surface area contributed by atoms with Crippen molar-refractivity contribution < 1.29 is 4.74 Å². The first-order valence-electron chi connectivity index (χ1n) is 5.65. The summed E-state index contributed by atoms with van der Waals surface area (Å²) < 4.78 is 5.29. The van der Waals surface area contributed by atoms with Crippen LogP contribution in [0.15, 0.2) is 18.5 Å². The molecular weight excluding hydrogens is 202 g/mol. The summed E-state index contributed by atoms with van der Waals surface area (Å²) in [7, 11) is 1.67. The van der Waals surface area contributed by atoms with Crippen LogP contribution in [0.4, 0.5) is 0 Å². The van der Waals surface area contributed by atoms with Gasteiger partial charge in [0.05, 0.1) is 7.11 Å². The van der Waals surface area contributed by atoms with Crippen LogP contribution in [-0.2, 0) is 0 Å². The molecule has 1 heterocycles. The van der Waals surface area contributed by atoms with E-state index in [0.29, 0.717) is 0 Å². The van der Waals surface area contributed by atoms with E-state index in [9.17, 15) is 0 Å². The second-order valence-electron chi connectivity index (χ2n) is 3.92. The van der Waals surface area contributed by atoms with E-state index in [-0.39, 0.29) is 12.1 Å². The Bertz CT molecular complexity index is 317. The van der Waals surface area contributed by atoms with Gasteiger partial charge in [0.25, 0.3) is 0 Å². The average molecular weight is 223 g/mol. The van der Waals surface area contributed by atoms with Crippen molar-refractivity contribution in [2.75, 3.05) is 13.7 Å². The van der Waals surface area contributed by atoms with Crippen LogP contribution < -0.4 is 15.8 Å². The number of aromatic nitrogens is 1. The van der Waals surface area contributed by atoms with Crippen LogP contribution >= 0.6 is 0 Å². The maximum atomic E-state index is 5.86. The molecule has 0 aliphatic rings. The van der Waals surface area contributed by atoms with E-state index in [1.54, 1.807) is 13.3 Å². The van der Waals surface area contributed by atoms with E-state index in [4.69, 9.17) is 10.5 Å². The monoisotopic (exact) mass is 223 g/mol. The van der Waals surface area contributed by atoms with Gasteiger partial charge < -0.3 is 15.8 Å². The molecule has 1 aromatic rings. The van der Waals surface area contributed by atoms with Crippen molar-refractivity contribution in [3.05, 3.63) is 24.0 Å². The summed E-state index contributed by atoms with van der Waals surface area (Å²) in [4.78, 5) is 4.11. The number of ether oxygens (including phenoxy) is 1. The fourth-order valence-corrected chi connectivity index (χ4v) is 1.49. The topological polar surface area (TPSA) is 60.2 Å². The molecule has 2 unspecified atom stereocenters. The van der Waals surface area contributed by atoms with Crippen LogP contribution in [0.2, 0.25) is 0 Å². The van der Waals surface area contributed by atoms with Gasteiger partial charge in [0.2, 0.25) is 0 Å². The molecule has 0 fully saturated rings. The standard InChI is InChI=1S/C12H21N3O/c1-4-10(13)7-15-9(2)11-8-14-6-5-12(11)16-3/h5-6,8-10,15H,4,7,13H2,1-3H3. The predicted molar refractivity (Wildman–Crippen MR) is 65.5 cm³/mol. The second-order valence-corrected chi connectivity index (χ2v) is 3.92. The maximum Gasteiger partial charge on any atom is 0.126 e. The molecule has 3 N–H and O–H groups in total. The van der Waals surface area contributed by atoms with Crippen LogP contribution in [0.5, 0.6) is 5.75 Å². The van der Waals surface area contributed by atoms with Crippen molar-refractivity contribution in [3.63, 3.8) is 0 Å². The number of hydrogen-bond donors (Lipinski definition) is 2. The normalized spacial score (nSPS) is 14.5. The molecule has 0 aromatic carbocycles. The molecule has 0 aliphatic carbocycles. The second kappa shape index (κ2) is 6.45. The van der Waals surface area contributed by atoms with Gasteiger partial charge in [0.15, 0.2) is 0 Å². The lowest BCUT2D eigenvalue weighted by molar-refractivity contribution is 0.398. The van der Waals surface area contributed by atoms with E-state index >= 15 is 0 Å². The first-order chi connectivity index (χ1) is 7.69. The number of rotatable bonds is 6. The molecule has 16 heavy (non-hydrogen) atoms. The summed E-state index contributed by atoms with van der Waals surface area (Å²) in [5, 5.41) is 3.38. The summed E-state index contributed by atoms with van der Waals surface area (Å²) in [6, 6.07) is 2.26. The average Bonchev–Trinajstić information content (AvgIpc) is 2.35. The molecule has 0 aliphatic heterocycles. The van der Waals surface area contributed by atoms with Gasteiger partial charge in [-0.1, -0.05) is 6.92 Å². The van der Waals surface area contributed by atoms with Gasteiger partial charge in [0.1, 0.15) is 5.75 Å². The first-order valence-corrected chi connectivity index (χ1v) is 5.65.